The summed E-state index contributed by atoms with van der Waals surface area (Å²) in [7, 11) is 1.57. The van der Waals surface area contributed by atoms with Crippen LogP contribution in [0.4, 0.5) is 0 Å². The highest BCUT2D eigenvalue weighted by molar-refractivity contribution is 5.98. The van der Waals surface area contributed by atoms with Crippen molar-refractivity contribution in [2.75, 3.05) is 26.7 Å². The van der Waals surface area contributed by atoms with Crippen LogP contribution in [0.3, 0.4) is 0 Å². The van der Waals surface area contributed by atoms with E-state index in [0.29, 0.717) is 36.1 Å². The fraction of sp³-hybridized carbons (Fsp3) is 0.510. The van der Waals surface area contributed by atoms with Crippen LogP contribution in [0.5, 0.6) is 5.75 Å². The molecule has 8 atom stereocenters. The number of carbonyl (C=O) groups is 8. The molecule has 0 radical (unpaired) electrons. The lowest BCUT2D eigenvalue weighted by atomic mass is 9.96. The van der Waals surface area contributed by atoms with Crippen LogP contribution < -0.4 is 48.7 Å². The number of nitrogens with zero attached hydrogens (tertiary/aromatic N) is 3. The highest BCUT2D eigenvalue weighted by Crippen LogP contribution is 2.21. The summed E-state index contributed by atoms with van der Waals surface area (Å²) in [6, 6.07) is 6.24. The van der Waals surface area contributed by atoms with Crippen molar-refractivity contribution in [1.82, 2.24) is 52.1 Å². The number of nitrogens with two attached hydrogens (primary N) is 2. The number of aliphatic imine (C=N–C) groups is 1. The number of likely N-dealkylation sites (N-methyl/N-ethyl adjacent to an activating group) is 1. The first-order valence-corrected chi connectivity index (χ1v) is 24.1. The van der Waals surface area contributed by atoms with Gasteiger partial charge in [0.25, 0.3) is 0 Å². The second kappa shape index (κ2) is 28.3. The molecule has 1 aliphatic rings. The van der Waals surface area contributed by atoms with E-state index < -0.39 is 101 Å². The zero-order chi connectivity index (χ0) is 52.9. The number of carbonyl (C=O) groups excluding carboxylic acids is 7. The smallest absolute Gasteiger partial charge is 0.326 e. The molecule has 1 unspecified atom stereocenters. The van der Waals surface area contributed by atoms with Gasteiger partial charge in [-0.2, -0.15) is 0 Å². The van der Waals surface area contributed by atoms with Gasteiger partial charge in [0.05, 0.1) is 12.9 Å². The van der Waals surface area contributed by atoms with Crippen molar-refractivity contribution in [3.8, 4) is 5.75 Å². The van der Waals surface area contributed by atoms with Gasteiger partial charge in [-0.1, -0.05) is 76.6 Å². The molecule has 2 aromatic carbocycles. The van der Waals surface area contributed by atoms with E-state index >= 15 is 0 Å². The Balaban J connectivity index is 1.58. The second-order valence-corrected chi connectivity index (χ2v) is 18.3. The number of hydrogen-bond donors (Lipinski definition) is 12. The zero-order valence-corrected chi connectivity index (χ0v) is 41.5. The molecule has 2 heterocycles. The van der Waals surface area contributed by atoms with E-state index in [9.17, 15) is 48.6 Å². The van der Waals surface area contributed by atoms with Gasteiger partial charge in [-0.05, 0) is 67.8 Å². The number of aliphatic carboxylic acids is 1. The van der Waals surface area contributed by atoms with Crippen molar-refractivity contribution >= 4 is 53.3 Å². The molecule has 14 N–H and O–H groups in total. The number of carboxylic acids is 1. The molecule has 23 nitrogen and oxygen atoms in total. The van der Waals surface area contributed by atoms with Crippen molar-refractivity contribution in [3.05, 3.63) is 83.9 Å². The average molecular weight is 1000 g/mol. The molecule has 0 aliphatic carbocycles. The first kappa shape index (κ1) is 57.0. The quantitative estimate of drug-likeness (QED) is 0.0239. The lowest BCUT2D eigenvalue weighted by molar-refractivity contribution is -0.145. The molecule has 4 rings (SSSR count). The summed E-state index contributed by atoms with van der Waals surface area (Å²) >= 11 is 0. The average Bonchev–Trinajstić information content (AvgIpc) is 4.06. The number of benzene rings is 2. The normalized spacial score (nSPS) is 16.1. The number of phenolic OH excluding ortho intramolecular Hbond substituents is 1. The number of nitrogens with one attached hydrogen (secondary N) is 8. The fourth-order valence-electron chi connectivity index (χ4n) is 8.16. The number of phenols is 1. The van der Waals surface area contributed by atoms with Crippen LogP contribution in [0.2, 0.25) is 0 Å². The van der Waals surface area contributed by atoms with Crippen molar-refractivity contribution in [2.45, 2.75) is 121 Å². The number of hydrogen-bond acceptors (Lipinski definition) is 12. The standard InChI is InChI=1S/C49H71N13O10/c1-6-29(4)41(46(69)58-36(24-32-25-53-27-55-32)47(70)62-21-11-15-38(62)44(67)59-37(48(71)72)23-30-12-8-7-9-13-30)61-43(66)35(22-31-16-18-33(63)19-17-31)57-45(68)40(28(2)3)60-42(65)34(56-39(64)26-52-5)14-10-20-54-49(50)51/h7-9,12-13,16-19,25,27-29,34-38,40-41,52,63H,6,10-11,14-15,20-24,26H2,1-5H3,(H,53,55)(H,56,64)(H,57,68)(H,58,69)(H,59,67)(H,60,65)(H,61,66)(H,71,72)(H4,50,51,54)/t29-,34?,35-,36-,37-,38-,40-,41-/m0/s1. The van der Waals surface area contributed by atoms with Crippen molar-refractivity contribution in [1.29, 1.82) is 0 Å². The maximum absolute atomic E-state index is 14.5. The van der Waals surface area contributed by atoms with Gasteiger partial charge in [0.1, 0.15) is 48.0 Å². The van der Waals surface area contributed by atoms with Crippen LogP contribution in [0.1, 0.15) is 76.6 Å². The molecule has 72 heavy (non-hydrogen) atoms. The van der Waals surface area contributed by atoms with Gasteiger partial charge in [0.2, 0.25) is 41.4 Å². The molecule has 23 heteroatoms. The third kappa shape index (κ3) is 17.7. The number of guanidine groups is 1. The van der Waals surface area contributed by atoms with Crippen LogP contribution in [-0.4, -0.2) is 147 Å². The number of imidazole rings is 1. The molecule has 1 aliphatic heterocycles. The van der Waals surface area contributed by atoms with E-state index in [1.165, 1.54) is 29.6 Å². The predicted molar refractivity (Wildman–Crippen MR) is 266 cm³/mol. The number of rotatable bonds is 28. The van der Waals surface area contributed by atoms with E-state index in [2.05, 4.69) is 52.2 Å². The Morgan fingerprint density at radius 1 is 0.778 bits per heavy atom. The number of carboxylic acid groups (broad SMARTS) is 1. The van der Waals surface area contributed by atoms with Gasteiger partial charge >= 0.3 is 5.97 Å². The summed E-state index contributed by atoms with van der Waals surface area (Å²) in [4.78, 5) is 122. The molecular formula is C49H71N13O10. The molecule has 392 valence electrons. The maximum atomic E-state index is 14.5. The molecule has 7 amide bonds. The summed E-state index contributed by atoms with van der Waals surface area (Å²) in [6.07, 6.45) is 4.20. The Morgan fingerprint density at radius 2 is 1.40 bits per heavy atom. The first-order valence-electron chi connectivity index (χ1n) is 24.1. The van der Waals surface area contributed by atoms with Crippen LogP contribution in [0, 0.1) is 11.8 Å². The largest absolute Gasteiger partial charge is 0.508 e. The maximum Gasteiger partial charge on any atom is 0.326 e. The van der Waals surface area contributed by atoms with Gasteiger partial charge in [0, 0.05) is 44.2 Å². The first-order chi connectivity index (χ1) is 34.3. The Kier molecular flexibility index (Phi) is 22.4. The van der Waals surface area contributed by atoms with E-state index in [0.717, 1.165) is 0 Å². The number of amides is 7. The SMILES string of the molecule is CC[C@H](C)[C@H](NC(=O)[C@H](Cc1ccc(O)cc1)NC(=O)[C@@H](NC(=O)C(CCCN=C(N)N)NC(=O)CNC)C(C)C)C(=O)N[C@@H](Cc1cnc[nH]1)C(=O)N1CCC[C@H]1C(=O)N[C@@H](Cc1ccccc1)C(=O)O. The van der Waals surface area contributed by atoms with E-state index in [1.807, 2.05) is 0 Å². The van der Waals surface area contributed by atoms with E-state index in [-0.39, 0.29) is 63.4 Å². The highest BCUT2D eigenvalue weighted by atomic mass is 16.4. The molecule has 0 spiro atoms. The second-order valence-electron chi connectivity index (χ2n) is 18.3. The Morgan fingerprint density at radius 3 is 2.01 bits per heavy atom. The number of aromatic nitrogens is 2. The molecule has 1 saturated heterocycles. The van der Waals surface area contributed by atoms with Crippen molar-refractivity contribution in [3.63, 3.8) is 0 Å². The number of aromatic amines is 1. The fourth-order valence-corrected chi connectivity index (χ4v) is 8.16. The van der Waals surface area contributed by atoms with E-state index in [1.54, 1.807) is 77.2 Å². The topological polar surface area (TPSA) is 358 Å². The monoisotopic (exact) mass is 1000 g/mol. The molecule has 0 bridgehead atoms. The minimum Gasteiger partial charge on any atom is -0.508 e. The molecule has 0 saturated carbocycles. The Labute approximate surface area is 418 Å². The van der Waals surface area contributed by atoms with Crippen molar-refractivity contribution in [2.24, 2.45) is 28.3 Å². The summed E-state index contributed by atoms with van der Waals surface area (Å²) < 4.78 is 0. The summed E-state index contributed by atoms with van der Waals surface area (Å²) in [5, 5.41) is 39.1. The van der Waals surface area contributed by atoms with Crippen LogP contribution in [0.25, 0.3) is 0 Å². The van der Waals surface area contributed by atoms with Gasteiger partial charge in [-0.25, -0.2) is 9.78 Å². The lowest BCUT2D eigenvalue weighted by Crippen LogP contribution is -2.62. The van der Waals surface area contributed by atoms with E-state index in [4.69, 9.17) is 11.5 Å². The number of aromatic hydroxyl groups is 1. The Bertz CT molecular complexity index is 2310. The van der Waals surface area contributed by atoms with Gasteiger partial charge in [-0.3, -0.25) is 38.6 Å². The Hall–Kier alpha value is -7.56. The minimum absolute atomic E-state index is 0.0144. The van der Waals surface area contributed by atoms with Gasteiger partial charge in [0.15, 0.2) is 5.96 Å². The number of likely N-dealkylation sites (tertiary alicyclic amines) is 1. The predicted octanol–water partition coefficient (Wildman–Crippen LogP) is -0.897. The zero-order valence-electron chi connectivity index (χ0n) is 41.5. The van der Waals surface area contributed by atoms with Gasteiger partial charge < -0.3 is 68.8 Å². The van der Waals surface area contributed by atoms with Crippen LogP contribution >= 0.6 is 0 Å². The van der Waals surface area contributed by atoms with Gasteiger partial charge in [-0.15, -0.1) is 0 Å². The summed E-state index contributed by atoms with van der Waals surface area (Å²) in [6.45, 7) is 7.15. The molecule has 1 aromatic heterocycles. The van der Waals surface area contributed by atoms with Crippen LogP contribution in [0.15, 0.2) is 72.1 Å². The highest BCUT2D eigenvalue weighted by Gasteiger charge is 2.41. The minimum atomic E-state index is -1.35. The molecule has 3 aromatic rings. The van der Waals surface area contributed by atoms with Crippen LogP contribution in [-0.2, 0) is 57.6 Å². The molecule has 1 fully saturated rings. The van der Waals surface area contributed by atoms with Crippen molar-refractivity contribution < 1.29 is 48.6 Å². The third-order valence-corrected chi connectivity index (χ3v) is 12.3. The lowest BCUT2D eigenvalue weighted by Gasteiger charge is -2.32. The summed E-state index contributed by atoms with van der Waals surface area (Å²) in [5.74, 6) is -7.15. The third-order valence-electron chi connectivity index (χ3n) is 12.3. The molecular weight excluding hydrogens is 931 g/mol. The number of H-pyrrole nitrogens is 1. The summed E-state index contributed by atoms with van der Waals surface area (Å²) in [5.41, 5.74) is 12.6.